The molecule has 0 bridgehead atoms. The lowest BCUT2D eigenvalue weighted by molar-refractivity contribution is -0.249. The van der Waals surface area contributed by atoms with Crippen LogP contribution in [-0.4, -0.2) is 31.6 Å². The summed E-state index contributed by atoms with van der Waals surface area (Å²) < 4.78 is 15.5. The van der Waals surface area contributed by atoms with Crippen molar-refractivity contribution in [3.8, 4) is 0 Å². The monoisotopic (exact) mass is 236 g/mol. The van der Waals surface area contributed by atoms with Crippen LogP contribution in [0, 0.1) is 0 Å². The van der Waals surface area contributed by atoms with Gasteiger partial charge < -0.3 is 19.0 Å². The second-order valence-electron chi connectivity index (χ2n) is 3.58. The van der Waals surface area contributed by atoms with Crippen molar-refractivity contribution in [2.45, 2.75) is 18.5 Å². The van der Waals surface area contributed by atoms with E-state index in [1.807, 2.05) is 30.3 Å². The summed E-state index contributed by atoms with van der Waals surface area (Å²) in [4.78, 5) is 21.1. The summed E-state index contributed by atoms with van der Waals surface area (Å²) in [5, 5.41) is 0. The number of hydrogen-bond acceptors (Lipinski definition) is 5. The highest BCUT2D eigenvalue weighted by Crippen LogP contribution is 2.26. The Labute approximate surface area is 98.3 Å². The second kappa shape index (κ2) is 5.56. The predicted octanol–water partition coefficient (Wildman–Crippen LogP) is 0.841. The van der Waals surface area contributed by atoms with Crippen LogP contribution >= 0.6 is 0 Å². The standard InChI is InChI=1S/C12H12O5/c13-6-10-11(16-8-14)7-15-12(17-10)9-4-2-1-3-5-9/h1-6,8,10-12H,7H2. The van der Waals surface area contributed by atoms with Crippen LogP contribution in [0.2, 0.25) is 0 Å². The fourth-order valence-corrected chi connectivity index (χ4v) is 1.64. The second-order valence-corrected chi connectivity index (χ2v) is 3.58. The zero-order valence-electron chi connectivity index (χ0n) is 9.02. The van der Waals surface area contributed by atoms with E-state index in [0.717, 1.165) is 5.56 Å². The van der Waals surface area contributed by atoms with Crippen LogP contribution in [0.5, 0.6) is 0 Å². The summed E-state index contributed by atoms with van der Waals surface area (Å²) in [6.45, 7) is 0.429. The quantitative estimate of drug-likeness (QED) is 0.725. The molecule has 0 aromatic heterocycles. The summed E-state index contributed by atoms with van der Waals surface area (Å²) >= 11 is 0. The van der Waals surface area contributed by atoms with Gasteiger partial charge in [0, 0.05) is 5.56 Å². The Bertz CT molecular complexity index is 378. The van der Waals surface area contributed by atoms with Gasteiger partial charge in [-0.05, 0) is 0 Å². The topological polar surface area (TPSA) is 61.8 Å². The summed E-state index contributed by atoms with van der Waals surface area (Å²) in [7, 11) is 0. The molecule has 0 amide bonds. The highest BCUT2D eigenvalue weighted by molar-refractivity contribution is 5.58. The highest BCUT2D eigenvalue weighted by atomic mass is 16.7. The number of hydrogen-bond donors (Lipinski definition) is 0. The third kappa shape index (κ3) is 2.69. The molecule has 2 rings (SSSR count). The largest absolute Gasteiger partial charge is 0.459 e. The van der Waals surface area contributed by atoms with Crippen LogP contribution in [0.25, 0.3) is 0 Å². The van der Waals surface area contributed by atoms with Crippen molar-refractivity contribution in [2.75, 3.05) is 6.61 Å². The number of benzene rings is 1. The SMILES string of the molecule is O=COC1COC(c2ccccc2)OC1C=O. The number of carbonyl (C=O) groups is 2. The molecule has 3 atom stereocenters. The van der Waals surface area contributed by atoms with Gasteiger partial charge in [0.15, 0.2) is 24.8 Å². The first kappa shape index (κ1) is 11.8. The number of ether oxygens (including phenoxy) is 3. The van der Waals surface area contributed by atoms with E-state index in [0.29, 0.717) is 6.29 Å². The molecule has 1 aromatic rings. The summed E-state index contributed by atoms with van der Waals surface area (Å²) in [6, 6.07) is 9.26. The Balaban J connectivity index is 2.06. The molecule has 0 spiro atoms. The van der Waals surface area contributed by atoms with Gasteiger partial charge in [0.05, 0.1) is 6.61 Å². The maximum absolute atomic E-state index is 10.8. The fraction of sp³-hybridized carbons (Fsp3) is 0.333. The van der Waals surface area contributed by atoms with Crippen LogP contribution in [0.4, 0.5) is 0 Å². The first-order chi connectivity index (χ1) is 8.35. The van der Waals surface area contributed by atoms with E-state index in [1.165, 1.54) is 0 Å². The lowest BCUT2D eigenvalue weighted by atomic mass is 10.1. The molecule has 5 heteroatoms. The molecule has 0 radical (unpaired) electrons. The maximum atomic E-state index is 10.8. The Morgan fingerprint density at radius 1 is 1.24 bits per heavy atom. The minimum atomic E-state index is -0.792. The average molecular weight is 236 g/mol. The Hall–Kier alpha value is -1.72. The molecule has 1 saturated heterocycles. The molecule has 5 nitrogen and oxygen atoms in total. The number of carbonyl (C=O) groups excluding carboxylic acids is 2. The van der Waals surface area contributed by atoms with Crippen LogP contribution < -0.4 is 0 Å². The van der Waals surface area contributed by atoms with Gasteiger partial charge in [-0.3, -0.25) is 4.79 Å². The molecule has 0 saturated carbocycles. The Kier molecular flexibility index (Phi) is 3.85. The minimum absolute atomic E-state index is 0.141. The number of rotatable bonds is 4. The van der Waals surface area contributed by atoms with Gasteiger partial charge in [-0.25, -0.2) is 0 Å². The number of aldehydes is 1. The lowest BCUT2D eigenvalue weighted by Crippen LogP contribution is -2.42. The van der Waals surface area contributed by atoms with E-state index in [9.17, 15) is 9.59 Å². The van der Waals surface area contributed by atoms with E-state index in [2.05, 4.69) is 0 Å². The van der Waals surface area contributed by atoms with Crippen LogP contribution in [0.3, 0.4) is 0 Å². The van der Waals surface area contributed by atoms with Crippen molar-refractivity contribution in [2.24, 2.45) is 0 Å². The molecule has 0 N–H and O–H groups in total. The van der Waals surface area contributed by atoms with E-state index < -0.39 is 18.5 Å². The molecule has 0 aliphatic carbocycles. The molecule has 17 heavy (non-hydrogen) atoms. The van der Waals surface area contributed by atoms with E-state index in [4.69, 9.17) is 14.2 Å². The first-order valence-corrected chi connectivity index (χ1v) is 5.21. The van der Waals surface area contributed by atoms with E-state index >= 15 is 0 Å². The van der Waals surface area contributed by atoms with Crippen molar-refractivity contribution >= 4 is 12.8 Å². The smallest absolute Gasteiger partial charge is 0.293 e. The van der Waals surface area contributed by atoms with Crippen molar-refractivity contribution in [1.82, 2.24) is 0 Å². The van der Waals surface area contributed by atoms with Gasteiger partial charge in [-0.1, -0.05) is 30.3 Å². The Morgan fingerprint density at radius 2 is 2.00 bits per heavy atom. The minimum Gasteiger partial charge on any atom is -0.459 e. The van der Waals surface area contributed by atoms with Crippen molar-refractivity contribution in [3.05, 3.63) is 35.9 Å². The molecule has 1 aromatic carbocycles. The molecular formula is C12H12O5. The molecule has 1 aliphatic rings. The van der Waals surface area contributed by atoms with Crippen molar-refractivity contribution < 1.29 is 23.8 Å². The molecule has 1 fully saturated rings. The van der Waals surface area contributed by atoms with Gasteiger partial charge in [-0.15, -0.1) is 0 Å². The Morgan fingerprint density at radius 3 is 2.65 bits per heavy atom. The molecule has 90 valence electrons. The van der Waals surface area contributed by atoms with Gasteiger partial charge >= 0.3 is 0 Å². The van der Waals surface area contributed by atoms with Gasteiger partial charge in [-0.2, -0.15) is 0 Å². The van der Waals surface area contributed by atoms with Crippen molar-refractivity contribution in [1.29, 1.82) is 0 Å². The third-order valence-electron chi connectivity index (χ3n) is 2.50. The van der Waals surface area contributed by atoms with Gasteiger partial charge in [0.1, 0.15) is 0 Å². The predicted molar refractivity (Wildman–Crippen MR) is 57.0 cm³/mol. The maximum Gasteiger partial charge on any atom is 0.293 e. The van der Waals surface area contributed by atoms with Crippen LogP contribution in [0.15, 0.2) is 30.3 Å². The van der Waals surface area contributed by atoms with Crippen molar-refractivity contribution in [3.63, 3.8) is 0 Å². The first-order valence-electron chi connectivity index (χ1n) is 5.21. The molecular weight excluding hydrogens is 224 g/mol. The van der Waals surface area contributed by atoms with Gasteiger partial charge in [0.2, 0.25) is 0 Å². The summed E-state index contributed by atoms with van der Waals surface area (Å²) in [5.41, 5.74) is 0.823. The van der Waals surface area contributed by atoms with Gasteiger partial charge in [0.25, 0.3) is 6.47 Å². The highest BCUT2D eigenvalue weighted by Gasteiger charge is 2.33. The van der Waals surface area contributed by atoms with Crippen LogP contribution in [-0.2, 0) is 23.8 Å². The van der Waals surface area contributed by atoms with E-state index in [-0.39, 0.29) is 13.1 Å². The molecule has 1 heterocycles. The summed E-state index contributed by atoms with van der Waals surface area (Å²) in [6.07, 6.45) is -1.45. The molecule has 3 unspecified atom stereocenters. The molecule has 1 aliphatic heterocycles. The van der Waals surface area contributed by atoms with Crippen LogP contribution in [0.1, 0.15) is 11.9 Å². The fourth-order valence-electron chi connectivity index (χ4n) is 1.64. The summed E-state index contributed by atoms with van der Waals surface area (Å²) in [5.74, 6) is 0. The lowest BCUT2D eigenvalue weighted by Gasteiger charge is -2.32. The normalized spacial score (nSPS) is 28.4. The zero-order valence-corrected chi connectivity index (χ0v) is 9.02. The van der Waals surface area contributed by atoms with E-state index in [1.54, 1.807) is 0 Å². The average Bonchev–Trinajstić information content (AvgIpc) is 2.40. The zero-order chi connectivity index (χ0) is 12.1. The third-order valence-corrected chi connectivity index (χ3v) is 2.50.